The standard InChI is InChI=1S/C10H13NO3/c1-7-3-5-9(6-4-7)10(12)8(2)11(13)14/h3-6,8,10,12H,1-2H3/t8-,10+/m1/s1. The Morgan fingerprint density at radius 1 is 1.36 bits per heavy atom. The molecule has 0 heterocycles. The summed E-state index contributed by atoms with van der Waals surface area (Å²) in [6.45, 7) is 3.32. The van der Waals surface area contributed by atoms with E-state index in [9.17, 15) is 15.2 Å². The van der Waals surface area contributed by atoms with Gasteiger partial charge in [0.25, 0.3) is 0 Å². The molecule has 14 heavy (non-hydrogen) atoms. The SMILES string of the molecule is Cc1ccc([C@@H](O)[C@@H](C)[N+](=O)[O-])cc1. The van der Waals surface area contributed by atoms with Gasteiger partial charge >= 0.3 is 0 Å². The monoisotopic (exact) mass is 195 g/mol. The molecule has 1 aromatic carbocycles. The molecule has 4 nitrogen and oxygen atoms in total. The molecule has 0 unspecified atom stereocenters. The number of nitro groups is 1. The zero-order valence-corrected chi connectivity index (χ0v) is 8.18. The fraction of sp³-hybridized carbons (Fsp3) is 0.400. The highest BCUT2D eigenvalue weighted by molar-refractivity contribution is 5.23. The van der Waals surface area contributed by atoms with Crippen LogP contribution in [0, 0.1) is 17.0 Å². The highest BCUT2D eigenvalue weighted by Crippen LogP contribution is 2.18. The van der Waals surface area contributed by atoms with Gasteiger partial charge in [-0.25, -0.2) is 0 Å². The minimum absolute atomic E-state index is 0.482. The maximum atomic E-state index is 10.4. The average Bonchev–Trinajstić information content (AvgIpc) is 2.16. The van der Waals surface area contributed by atoms with Gasteiger partial charge in [0, 0.05) is 11.8 Å². The quantitative estimate of drug-likeness (QED) is 0.589. The van der Waals surface area contributed by atoms with Gasteiger partial charge in [0.1, 0.15) is 6.10 Å². The molecular formula is C10H13NO3. The van der Waals surface area contributed by atoms with E-state index in [0.29, 0.717) is 5.56 Å². The van der Waals surface area contributed by atoms with E-state index in [1.165, 1.54) is 6.92 Å². The summed E-state index contributed by atoms with van der Waals surface area (Å²) in [4.78, 5) is 9.94. The minimum Gasteiger partial charge on any atom is -0.381 e. The molecule has 0 spiro atoms. The summed E-state index contributed by atoms with van der Waals surface area (Å²) in [5, 5.41) is 20.0. The Kier molecular flexibility index (Phi) is 3.19. The largest absolute Gasteiger partial charge is 0.381 e. The maximum Gasteiger partial charge on any atom is 0.239 e. The Bertz CT molecular complexity index is 321. The first-order valence-corrected chi connectivity index (χ1v) is 4.40. The van der Waals surface area contributed by atoms with E-state index >= 15 is 0 Å². The highest BCUT2D eigenvalue weighted by atomic mass is 16.6. The lowest BCUT2D eigenvalue weighted by molar-refractivity contribution is -0.531. The van der Waals surface area contributed by atoms with Crippen LogP contribution in [0.25, 0.3) is 0 Å². The van der Waals surface area contributed by atoms with Gasteiger partial charge in [0.15, 0.2) is 0 Å². The van der Waals surface area contributed by atoms with Gasteiger partial charge in [-0.05, 0) is 12.5 Å². The first-order valence-electron chi connectivity index (χ1n) is 4.40. The summed E-state index contributed by atoms with van der Waals surface area (Å²) >= 11 is 0. The van der Waals surface area contributed by atoms with Crippen LogP contribution in [0.4, 0.5) is 0 Å². The molecule has 0 amide bonds. The van der Waals surface area contributed by atoms with Crippen molar-refractivity contribution in [3.63, 3.8) is 0 Å². The van der Waals surface area contributed by atoms with Crippen molar-refractivity contribution in [2.24, 2.45) is 0 Å². The molecule has 0 saturated carbocycles. The van der Waals surface area contributed by atoms with Crippen molar-refractivity contribution >= 4 is 0 Å². The van der Waals surface area contributed by atoms with Crippen LogP contribution < -0.4 is 0 Å². The second-order valence-electron chi connectivity index (χ2n) is 3.38. The Morgan fingerprint density at radius 3 is 2.29 bits per heavy atom. The van der Waals surface area contributed by atoms with E-state index in [1.807, 2.05) is 19.1 Å². The topological polar surface area (TPSA) is 63.4 Å². The molecule has 0 fully saturated rings. The molecule has 1 N–H and O–H groups in total. The van der Waals surface area contributed by atoms with Crippen LogP contribution in [0.2, 0.25) is 0 Å². The van der Waals surface area contributed by atoms with Gasteiger partial charge in [0.2, 0.25) is 6.04 Å². The first kappa shape index (κ1) is 10.7. The molecule has 1 rings (SSSR count). The Morgan fingerprint density at radius 2 is 1.86 bits per heavy atom. The predicted molar refractivity (Wildman–Crippen MR) is 52.6 cm³/mol. The van der Waals surface area contributed by atoms with Crippen molar-refractivity contribution in [1.82, 2.24) is 0 Å². The molecule has 2 atom stereocenters. The van der Waals surface area contributed by atoms with E-state index in [-0.39, 0.29) is 0 Å². The number of benzene rings is 1. The number of aryl methyl sites for hydroxylation is 1. The van der Waals surface area contributed by atoms with E-state index in [2.05, 4.69) is 0 Å². The highest BCUT2D eigenvalue weighted by Gasteiger charge is 2.25. The molecule has 0 aliphatic rings. The molecule has 0 radical (unpaired) electrons. The van der Waals surface area contributed by atoms with Crippen LogP contribution in [0.3, 0.4) is 0 Å². The summed E-state index contributed by atoms with van der Waals surface area (Å²) in [7, 11) is 0. The van der Waals surface area contributed by atoms with Crippen molar-refractivity contribution in [3.05, 3.63) is 45.5 Å². The maximum absolute atomic E-state index is 10.4. The normalized spacial score (nSPS) is 14.8. The molecule has 4 heteroatoms. The number of aliphatic hydroxyl groups is 1. The molecule has 0 aromatic heterocycles. The van der Waals surface area contributed by atoms with Crippen LogP contribution in [0.5, 0.6) is 0 Å². The van der Waals surface area contributed by atoms with Crippen molar-refractivity contribution in [2.45, 2.75) is 26.0 Å². The molecular weight excluding hydrogens is 182 g/mol. The van der Waals surface area contributed by atoms with Gasteiger partial charge in [-0.3, -0.25) is 10.1 Å². The fourth-order valence-corrected chi connectivity index (χ4v) is 1.16. The second-order valence-corrected chi connectivity index (χ2v) is 3.38. The third kappa shape index (κ3) is 2.29. The van der Waals surface area contributed by atoms with Gasteiger partial charge in [0.05, 0.1) is 0 Å². The smallest absolute Gasteiger partial charge is 0.239 e. The van der Waals surface area contributed by atoms with Crippen molar-refractivity contribution in [1.29, 1.82) is 0 Å². The number of hydrogen-bond acceptors (Lipinski definition) is 3. The summed E-state index contributed by atoms with van der Waals surface area (Å²) in [6, 6.07) is 6.09. The zero-order chi connectivity index (χ0) is 10.7. The van der Waals surface area contributed by atoms with E-state index in [4.69, 9.17) is 0 Å². The van der Waals surface area contributed by atoms with Crippen LogP contribution in [-0.4, -0.2) is 16.1 Å². The molecule has 0 aliphatic heterocycles. The summed E-state index contributed by atoms with van der Waals surface area (Å²) in [5.74, 6) is 0. The third-order valence-electron chi connectivity index (χ3n) is 2.21. The van der Waals surface area contributed by atoms with E-state index in [0.717, 1.165) is 5.56 Å². The van der Waals surface area contributed by atoms with Gasteiger partial charge in [-0.15, -0.1) is 0 Å². The van der Waals surface area contributed by atoms with Gasteiger partial charge in [-0.2, -0.15) is 0 Å². The lowest BCUT2D eigenvalue weighted by Crippen LogP contribution is -2.23. The lowest BCUT2D eigenvalue weighted by Gasteiger charge is -2.12. The van der Waals surface area contributed by atoms with E-state index < -0.39 is 17.1 Å². The van der Waals surface area contributed by atoms with Crippen molar-refractivity contribution in [3.8, 4) is 0 Å². The lowest BCUT2D eigenvalue weighted by atomic mass is 10.0. The second kappa shape index (κ2) is 4.19. The fourth-order valence-electron chi connectivity index (χ4n) is 1.16. The van der Waals surface area contributed by atoms with Crippen molar-refractivity contribution in [2.75, 3.05) is 0 Å². The summed E-state index contributed by atoms with van der Waals surface area (Å²) in [6.07, 6.45) is -1.04. The van der Waals surface area contributed by atoms with Crippen LogP contribution in [0.15, 0.2) is 24.3 Å². The first-order chi connectivity index (χ1) is 6.52. The molecule has 0 saturated heterocycles. The predicted octanol–water partition coefficient (Wildman–Crippen LogP) is 1.69. The van der Waals surface area contributed by atoms with Crippen LogP contribution in [-0.2, 0) is 0 Å². The van der Waals surface area contributed by atoms with Crippen LogP contribution in [0.1, 0.15) is 24.2 Å². The Balaban J connectivity index is 2.84. The van der Waals surface area contributed by atoms with Gasteiger partial charge in [-0.1, -0.05) is 29.8 Å². The number of rotatable bonds is 3. The molecule has 0 aliphatic carbocycles. The number of hydrogen-bond donors (Lipinski definition) is 1. The number of aliphatic hydroxyl groups excluding tert-OH is 1. The summed E-state index contributed by atoms with van der Waals surface area (Å²) < 4.78 is 0. The average molecular weight is 195 g/mol. The zero-order valence-electron chi connectivity index (χ0n) is 8.18. The third-order valence-corrected chi connectivity index (χ3v) is 2.21. The Hall–Kier alpha value is -1.42. The van der Waals surface area contributed by atoms with Crippen LogP contribution >= 0.6 is 0 Å². The summed E-state index contributed by atoms with van der Waals surface area (Å²) in [5.41, 5.74) is 1.65. The molecule has 76 valence electrons. The van der Waals surface area contributed by atoms with E-state index in [1.54, 1.807) is 12.1 Å². The van der Waals surface area contributed by atoms with Crippen molar-refractivity contribution < 1.29 is 10.0 Å². The van der Waals surface area contributed by atoms with Gasteiger partial charge < -0.3 is 5.11 Å². The number of nitrogens with zero attached hydrogens (tertiary/aromatic N) is 1. The molecule has 1 aromatic rings. The Labute approximate surface area is 82.3 Å². The minimum atomic E-state index is -1.04. The molecule has 0 bridgehead atoms.